The third kappa shape index (κ3) is 3.76. The second-order valence-corrected chi connectivity index (χ2v) is 6.18. The van der Waals surface area contributed by atoms with Gasteiger partial charge < -0.3 is 4.55 Å². The minimum absolute atomic E-state index is 0. The third-order valence-corrected chi connectivity index (χ3v) is 3.76. The maximum Gasteiger partial charge on any atom is 1.00 e. The number of hydrogen-bond acceptors (Lipinski definition) is 4. The zero-order valence-corrected chi connectivity index (χ0v) is 12.2. The molecule has 78 valence electrons. The number of hydrogen-bond donors (Lipinski definition) is 0. The van der Waals surface area contributed by atoms with Crippen molar-refractivity contribution in [1.82, 2.24) is 0 Å². The van der Waals surface area contributed by atoms with Crippen LogP contribution in [0.1, 0.15) is 0 Å². The Labute approximate surface area is 120 Å². The van der Waals surface area contributed by atoms with Crippen LogP contribution in [0.3, 0.4) is 0 Å². The molecule has 16 heavy (non-hydrogen) atoms. The van der Waals surface area contributed by atoms with Gasteiger partial charge in [0.15, 0.2) is 9.15 Å². The van der Waals surface area contributed by atoms with Crippen LogP contribution < -0.4 is 29.6 Å². The van der Waals surface area contributed by atoms with E-state index >= 15 is 0 Å². The first-order chi connectivity index (χ1) is 7.04. The Balaban J connectivity index is 0.00000128. The summed E-state index contributed by atoms with van der Waals surface area (Å²) in [6, 6.07) is 12.7. The molecule has 0 spiro atoms. The number of rotatable bonds is 2. The summed E-state index contributed by atoms with van der Waals surface area (Å²) in [7, 11) is -3.95. The second-order valence-electron chi connectivity index (χ2n) is 3.00. The summed E-state index contributed by atoms with van der Waals surface area (Å²) in [4.78, 5) is 0.448. The Morgan fingerprint density at radius 1 is 1.00 bits per heavy atom. The molecule has 0 aliphatic carbocycles. The Hall–Kier alpha value is -0.0400. The molecule has 0 bridgehead atoms. The van der Waals surface area contributed by atoms with Gasteiger partial charge in [-0.3, -0.25) is 0 Å². The molecule has 0 unspecified atom stereocenters. The first-order valence-corrected chi connectivity index (χ1v) is 6.93. The van der Waals surface area contributed by atoms with Crippen molar-refractivity contribution in [1.29, 1.82) is 0 Å². The molecule has 0 aliphatic rings. The van der Waals surface area contributed by atoms with Crippen molar-refractivity contribution in [3.05, 3.63) is 42.5 Å². The van der Waals surface area contributed by atoms with E-state index in [4.69, 9.17) is 0 Å². The van der Waals surface area contributed by atoms with Gasteiger partial charge in [-0.15, -0.1) is 0 Å². The van der Waals surface area contributed by atoms with E-state index in [2.05, 4.69) is 0 Å². The van der Waals surface area contributed by atoms with Crippen molar-refractivity contribution >= 4 is 30.7 Å². The van der Waals surface area contributed by atoms with Crippen molar-refractivity contribution in [3.8, 4) is 0 Å². The minimum atomic E-state index is -4.28. The first kappa shape index (κ1) is 14.0. The molecule has 3 nitrogen and oxygen atoms in total. The summed E-state index contributed by atoms with van der Waals surface area (Å²) in [6.45, 7) is 0. The van der Waals surface area contributed by atoms with Crippen LogP contribution >= 0.6 is 10.8 Å². The van der Waals surface area contributed by atoms with Gasteiger partial charge >= 0.3 is 29.6 Å². The fourth-order valence-electron chi connectivity index (χ4n) is 1.34. The van der Waals surface area contributed by atoms with Gasteiger partial charge in [-0.2, -0.15) is 0 Å². The zero-order valence-electron chi connectivity index (χ0n) is 8.58. The monoisotopic (exact) mass is 262 g/mol. The Bertz CT molecular complexity index is 596. The summed E-state index contributed by atoms with van der Waals surface area (Å²) in [5.41, 5.74) is 0. The van der Waals surface area contributed by atoms with Crippen molar-refractivity contribution < 1.29 is 42.5 Å². The van der Waals surface area contributed by atoms with Gasteiger partial charge in [0.05, 0.1) is 0 Å². The van der Waals surface area contributed by atoms with E-state index in [1.807, 2.05) is 24.3 Å². The van der Waals surface area contributed by atoms with E-state index in [0.717, 1.165) is 10.8 Å². The molecule has 0 radical (unpaired) electrons. The Kier molecular flexibility index (Phi) is 4.85. The van der Waals surface area contributed by atoms with Gasteiger partial charge in [-0.1, -0.05) is 30.3 Å². The predicted octanol–water partition coefficient (Wildman–Crippen LogP) is -0.604. The van der Waals surface area contributed by atoms with Crippen LogP contribution in [0.5, 0.6) is 0 Å². The van der Waals surface area contributed by atoms with E-state index in [-0.39, 0.29) is 29.6 Å². The average Bonchev–Trinajstić information content (AvgIpc) is 2.15. The smallest absolute Gasteiger partial charge is 0.739 e. The summed E-state index contributed by atoms with van der Waals surface area (Å²) in [5, 5.41) is 1.94. The molecule has 2 rings (SSSR count). The van der Waals surface area contributed by atoms with E-state index < -0.39 is 9.15 Å². The standard InChI is InChI=1S/C10H8O3S2.Na/c11-15(12,13)14-10-6-5-8-3-1-2-4-9(8)7-10;/h1-7H,(H,11,12,13);/q;+1/p-1. The quantitative estimate of drug-likeness (QED) is 0.412. The molecule has 0 N–H and O–H groups in total. The van der Waals surface area contributed by atoms with Crippen molar-refractivity contribution in [2.75, 3.05) is 0 Å². The molecule has 0 aromatic heterocycles. The van der Waals surface area contributed by atoms with E-state index in [1.165, 1.54) is 0 Å². The second kappa shape index (κ2) is 5.53. The zero-order chi connectivity index (χ0) is 10.9. The number of fused-ring (bicyclic) bond motifs is 1. The van der Waals surface area contributed by atoms with Gasteiger partial charge in [0, 0.05) is 4.90 Å². The van der Waals surface area contributed by atoms with Crippen LogP contribution in [0.2, 0.25) is 0 Å². The molecule has 2 aromatic rings. The third-order valence-electron chi connectivity index (χ3n) is 1.92. The average molecular weight is 262 g/mol. The van der Waals surface area contributed by atoms with Crippen LogP contribution in [0.25, 0.3) is 10.8 Å². The summed E-state index contributed by atoms with van der Waals surface area (Å²) < 4.78 is 31.6. The largest absolute Gasteiger partial charge is 1.00 e. The molecular formula is C10H7NaO3S2. The minimum Gasteiger partial charge on any atom is -0.739 e. The maximum atomic E-state index is 10.5. The molecule has 0 fully saturated rings. The van der Waals surface area contributed by atoms with Crippen LogP contribution in [-0.4, -0.2) is 13.0 Å². The van der Waals surface area contributed by atoms with Crippen molar-refractivity contribution in [2.45, 2.75) is 4.90 Å². The van der Waals surface area contributed by atoms with Gasteiger partial charge in [-0.25, -0.2) is 8.42 Å². The predicted molar refractivity (Wildman–Crippen MR) is 59.5 cm³/mol. The Morgan fingerprint density at radius 3 is 2.25 bits per heavy atom. The molecule has 0 saturated carbocycles. The molecular weight excluding hydrogens is 255 g/mol. The van der Waals surface area contributed by atoms with E-state index in [0.29, 0.717) is 15.7 Å². The SMILES string of the molecule is O=S(=O)([O-])Sc1ccc2ccccc2c1.[Na+]. The number of benzene rings is 2. The fraction of sp³-hybridized carbons (Fsp3) is 0. The Morgan fingerprint density at radius 2 is 1.62 bits per heavy atom. The van der Waals surface area contributed by atoms with Crippen molar-refractivity contribution in [2.24, 2.45) is 0 Å². The van der Waals surface area contributed by atoms with Gasteiger partial charge in [-0.05, 0) is 33.7 Å². The molecule has 0 amide bonds. The maximum absolute atomic E-state index is 10.5. The van der Waals surface area contributed by atoms with Crippen LogP contribution in [-0.2, 0) is 9.15 Å². The van der Waals surface area contributed by atoms with Crippen LogP contribution in [0.15, 0.2) is 47.4 Å². The molecule has 0 aliphatic heterocycles. The normalized spacial score (nSPS) is 11.1. The summed E-state index contributed by atoms with van der Waals surface area (Å²) in [5.74, 6) is 0. The van der Waals surface area contributed by atoms with Crippen molar-refractivity contribution in [3.63, 3.8) is 0 Å². The van der Waals surface area contributed by atoms with Gasteiger partial charge in [0.25, 0.3) is 0 Å². The summed E-state index contributed by atoms with van der Waals surface area (Å²) in [6.07, 6.45) is 0. The fourth-order valence-corrected chi connectivity index (χ4v) is 2.89. The topological polar surface area (TPSA) is 57.2 Å². The molecule has 0 atom stereocenters. The van der Waals surface area contributed by atoms with Crippen LogP contribution in [0.4, 0.5) is 0 Å². The molecule has 2 aromatic carbocycles. The first-order valence-electron chi connectivity index (χ1n) is 4.19. The molecule has 0 heterocycles. The van der Waals surface area contributed by atoms with E-state index in [1.54, 1.807) is 18.2 Å². The molecule has 6 heteroatoms. The van der Waals surface area contributed by atoms with Crippen LogP contribution in [0, 0.1) is 0 Å². The van der Waals surface area contributed by atoms with E-state index in [9.17, 15) is 13.0 Å². The summed E-state index contributed by atoms with van der Waals surface area (Å²) >= 11 is 0. The van der Waals surface area contributed by atoms with Gasteiger partial charge in [0.1, 0.15) is 0 Å². The molecule has 0 saturated heterocycles. The van der Waals surface area contributed by atoms with Gasteiger partial charge in [0.2, 0.25) is 0 Å².